The molecule has 0 unspecified atom stereocenters. The lowest BCUT2D eigenvalue weighted by Gasteiger charge is -1.98. The predicted octanol–water partition coefficient (Wildman–Crippen LogP) is 1.47. The zero-order valence-corrected chi connectivity index (χ0v) is 9.10. The summed E-state index contributed by atoms with van der Waals surface area (Å²) in [5.74, 6) is 3.30. The minimum Gasteiger partial charge on any atom is -0.404 e. The van der Waals surface area contributed by atoms with E-state index in [0.29, 0.717) is 0 Å². The van der Waals surface area contributed by atoms with E-state index in [1.54, 1.807) is 0 Å². The Bertz CT molecular complexity index is 48.2. The molecule has 0 aliphatic heterocycles. The van der Waals surface area contributed by atoms with Crippen LogP contribution in [-0.2, 0) is 4.43 Å². The topological polar surface area (TPSA) is 9.23 Å². The summed E-state index contributed by atoms with van der Waals surface area (Å²) in [5.41, 5.74) is 0. The summed E-state index contributed by atoms with van der Waals surface area (Å²) >= 11 is 3.82. The molecule has 1 nitrogen and oxygen atoms in total. The van der Waals surface area contributed by atoms with Crippen molar-refractivity contribution < 1.29 is 4.43 Å². The molecule has 0 spiro atoms. The third kappa shape index (κ3) is 8.88. The van der Waals surface area contributed by atoms with Gasteiger partial charge in [0.25, 0.3) is 0 Å². The molecule has 0 amide bonds. The van der Waals surface area contributed by atoms with Gasteiger partial charge in [0.15, 0.2) is 0 Å². The van der Waals surface area contributed by atoms with Crippen LogP contribution in [0.25, 0.3) is 0 Å². The van der Waals surface area contributed by atoms with Crippen molar-refractivity contribution in [3.8, 4) is 0 Å². The van der Waals surface area contributed by atoms with E-state index in [1.165, 1.54) is 11.5 Å². The van der Waals surface area contributed by atoms with E-state index in [2.05, 4.69) is 13.8 Å². The highest BCUT2D eigenvalue weighted by atomic mass is 32.4. The van der Waals surface area contributed by atoms with Gasteiger partial charge in [-0.05, 0) is 11.5 Å². The molecule has 9 heavy (non-hydrogen) atoms. The third-order valence-corrected chi connectivity index (χ3v) is 4.95. The van der Waals surface area contributed by atoms with Crippen LogP contribution < -0.4 is 0 Å². The predicted molar refractivity (Wildman–Crippen MR) is 50.8 cm³/mol. The molecule has 0 aliphatic carbocycles. The number of rotatable bonds is 6. The van der Waals surface area contributed by atoms with Crippen LogP contribution in [0.5, 0.6) is 0 Å². The molecule has 0 N–H and O–H groups in total. The Morgan fingerprint density at radius 3 is 2.67 bits per heavy atom. The van der Waals surface area contributed by atoms with Crippen LogP contribution in [0, 0.1) is 0 Å². The van der Waals surface area contributed by atoms with Gasteiger partial charge in [0, 0.05) is 0 Å². The van der Waals surface area contributed by atoms with Crippen molar-refractivity contribution in [2.45, 2.75) is 13.8 Å². The largest absolute Gasteiger partial charge is 0.404 e. The number of thioether (sulfide) groups is 1. The van der Waals surface area contributed by atoms with Gasteiger partial charge in [-0.1, -0.05) is 13.8 Å². The first-order valence-corrected chi connectivity index (χ1v) is 7.77. The average molecular weight is 182 g/mol. The van der Waals surface area contributed by atoms with Crippen molar-refractivity contribution >= 4 is 31.9 Å². The molecule has 0 rings (SSSR count). The van der Waals surface area contributed by atoms with Gasteiger partial charge in [-0.2, -0.15) is 11.2 Å². The lowest BCUT2D eigenvalue weighted by atomic mass is 11.0. The molecule has 0 aliphatic rings. The quantitative estimate of drug-likeness (QED) is 0.350. The first kappa shape index (κ1) is 9.88. The maximum Gasteiger partial charge on any atom is 0.223 e. The Hall–Kier alpha value is 0.877. The van der Waals surface area contributed by atoms with Gasteiger partial charge in [0.2, 0.25) is 8.91 Å². The second-order valence-electron chi connectivity index (χ2n) is 1.43. The van der Waals surface area contributed by atoms with Crippen LogP contribution >= 0.6 is 23.0 Å². The molecule has 0 bridgehead atoms. The monoisotopic (exact) mass is 182 g/mol. The van der Waals surface area contributed by atoms with Gasteiger partial charge in [0.1, 0.15) is 0 Å². The van der Waals surface area contributed by atoms with E-state index in [9.17, 15) is 0 Å². The van der Waals surface area contributed by atoms with Gasteiger partial charge in [-0.25, -0.2) is 0 Å². The van der Waals surface area contributed by atoms with Gasteiger partial charge in [-0.15, -0.1) is 11.8 Å². The molecule has 4 heteroatoms. The van der Waals surface area contributed by atoms with E-state index >= 15 is 0 Å². The highest BCUT2D eigenvalue weighted by Gasteiger charge is 1.85. The summed E-state index contributed by atoms with van der Waals surface area (Å²) < 4.78 is 5.38. The van der Waals surface area contributed by atoms with Crippen molar-refractivity contribution in [1.29, 1.82) is 0 Å². The lowest BCUT2D eigenvalue weighted by molar-refractivity contribution is 0.431. The first-order valence-electron chi connectivity index (χ1n) is 3.15. The fraction of sp³-hybridized carbons (Fsp3) is 1.00. The molecule has 0 aromatic carbocycles. The Kier molecular flexibility index (Phi) is 9.74. The van der Waals surface area contributed by atoms with Gasteiger partial charge < -0.3 is 4.43 Å². The minimum atomic E-state index is -0.213. The van der Waals surface area contributed by atoms with Crippen molar-refractivity contribution in [2.24, 2.45) is 0 Å². The summed E-state index contributed by atoms with van der Waals surface area (Å²) in [5, 5.41) is 0. The highest BCUT2D eigenvalue weighted by Crippen LogP contribution is 2.01. The van der Waals surface area contributed by atoms with E-state index in [-0.39, 0.29) is 8.91 Å². The molecule has 0 aromatic heterocycles. The van der Waals surface area contributed by atoms with Crippen LogP contribution in [0.2, 0.25) is 0 Å². The Morgan fingerprint density at radius 2 is 2.11 bits per heavy atom. The third-order valence-electron chi connectivity index (χ3n) is 0.742. The van der Waals surface area contributed by atoms with E-state index < -0.39 is 0 Å². The summed E-state index contributed by atoms with van der Waals surface area (Å²) in [6, 6.07) is 0. The van der Waals surface area contributed by atoms with Crippen LogP contribution in [0.1, 0.15) is 13.8 Å². The van der Waals surface area contributed by atoms with Gasteiger partial charge >= 0.3 is 0 Å². The summed E-state index contributed by atoms with van der Waals surface area (Å²) in [6.45, 7) is 4.33. The van der Waals surface area contributed by atoms with Crippen LogP contribution in [-0.4, -0.2) is 26.4 Å². The fourth-order valence-electron chi connectivity index (χ4n) is 0.319. The van der Waals surface area contributed by atoms with Crippen molar-refractivity contribution in [3.63, 3.8) is 0 Å². The summed E-state index contributed by atoms with van der Waals surface area (Å²) in [4.78, 5) is 0. The molecule has 56 valence electrons. The van der Waals surface area contributed by atoms with Crippen LogP contribution in [0.4, 0.5) is 0 Å². The average Bonchev–Trinajstić information content (AvgIpc) is 1.89. The Labute approximate surface area is 67.9 Å². The fourth-order valence-corrected chi connectivity index (χ4v) is 2.98. The van der Waals surface area contributed by atoms with Gasteiger partial charge in [-0.3, -0.25) is 0 Å². The standard InChI is InChI=1S/C5H14OS2Si/c1-3-7-5-6-9-8-4-2/h3-5,9H2,1-2H3. The molecule has 0 atom stereocenters. The molecule has 0 fully saturated rings. The molecule has 0 aromatic rings. The summed E-state index contributed by atoms with van der Waals surface area (Å²) in [7, 11) is -0.213. The van der Waals surface area contributed by atoms with Crippen LogP contribution in [0.15, 0.2) is 0 Å². The van der Waals surface area contributed by atoms with Crippen molar-refractivity contribution in [3.05, 3.63) is 0 Å². The highest BCUT2D eigenvalue weighted by molar-refractivity contribution is 8.21. The lowest BCUT2D eigenvalue weighted by Crippen LogP contribution is -1.93. The minimum absolute atomic E-state index is 0.213. The van der Waals surface area contributed by atoms with Crippen molar-refractivity contribution in [2.75, 3.05) is 17.4 Å². The van der Waals surface area contributed by atoms with E-state index in [0.717, 1.165) is 5.94 Å². The smallest absolute Gasteiger partial charge is 0.223 e. The molecule has 0 heterocycles. The number of hydrogen-bond donors (Lipinski definition) is 0. The second-order valence-corrected chi connectivity index (χ2v) is 6.21. The Morgan fingerprint density at radius 1 is 1.33 bits per heavy atom. The van der Waals surface area contributed by atoms with Crippen LogP contribution in [0.3, 0.4) is 0 Å². The van der Waals surface area contributed by atoms with Crippen molar-refractivity contribution in [1.82, 2.24) is 0 Å². The maximum absolute atomic E-state index is 5.38. The second kappa shape index (κ2) is 8.88. The number of hydrogen-bond acceptors (Lipinski definition) is 3. The molecular weight excluding hydrogens is 168 g/mol. The first-order chi connectivity index (χ1) is 4.41. The molecular formula is C5H14OS2Si. The van der Waals surface area contributed by atoms with E-state index in [4.69, 9.17) is 4.43 Å². The van der Waals surface area contributed by atoms with E-state index in [1.807, 2.05) is 23.0 Å². The van der Waals surface area contributed by atoms with Gasteiger partial charge in [0.05, 0.1) is 5.94 Å². The maximum atomic E-state index is 5.38. The molecule has 0 saturated carbocycles. The molecule has 0 saturated heterocycles. The zero-order valence-electron chi connectivity index (χ0n) is 6.05. The molecule has 0 radical (unpaired) electrons. The summed E-state index contributed by atoms with van der Waals surface area (Å²) in [6.07, 6.45) is 0. The zero-order chi connectivity index (χ0) is 6.95. The SMILES string of the molecule is CCSCO[SiH2]SCC. The Balaban J connectivity index is 2.60. The normalized spacial score (nSPS) is 11.3.